The van der Waals surface area contributed by atoms with Crippen molar-refractivity contribution in [2.45, 2.75) is 76.7 Å². The molecule has 2 aromatic carbocycles. The lowest BCUT2D eigenvalue weighted by Gasteiger charge is -2.29. The summed E-state index contributed by atoms with van der Waals surface area (Å²) in [7, 11) is -1.67. The maximum Gasteiger partial charge on any atom is 0.248 e. The van der Waals surface area contributed by atoms with Crippen LogP contribution < -0.4 is 14.4 Å². The molecule has 218 valence electrons. The molecule has 4 atom stereocenters. The van der Waals surface area contributed by atoms with Crippen LogP contribution in [0.5, 0.6) is 5.75 Å². The molecule has 2 bridgehead atoms. The van der Waals surface area contributed by atoms with Gasteiger partial charge in [0, 0.05) is 30.6 Å². The van der Waals surface area contributed by atoms with Crippen LogP contribution in [-0.4, -0.2) is 53.8 Å². The number of hydrogen-bond donors (Lipinski definition) is 1. The van der Waals surface area contributed by atoms with Crippen LogP contribution in [0, 0.1) is 5.92 Å². The molecule has 6 nitrogen and oxygen atoms in total. The molecule has 3 unspecified atom stereocenters. The Bertz CT molecular complexity index is 1220. The van der Waals surface area contributed by atoms with Crippen molar-refractivity contribution in [3.8, 4) is 5.75 Å². The van der Waals surface area contributed by atoms with Gasteiger partial charge in [0.25, 0.3) is 0 Å². The first-order valence-corrected chi connectivity index (χ1v) is 16.3. The van der Waals surface area contributed by atoms with Gasteiger partial charge in [0.2, 0.25) is 5.91 Å². The van der Waals surface area contributed by atoms with E-state index in [1.165, 1.54) is 11.1 Å². The van der Waals surface area contributed by atoms with Gasteiger partial charge >= 0.3 is 0 Å². The highest BCUT2D eigenvalue weighted by molar-refractivity contribution is 7.83. The third kappa shape index (κ3) is 7.48. The smallest absolute Gasteiger partial charge is 0.248 e. The molecule has 0 spiro atoms. The summed E-state index contributed by atoms with van der Waals surface area (Å²) < 4.78 is 22.5. The predicted octanol–water partition coefficient (Wildman–Crippen LogP) is 6.50. The highest BCUT2D eigenvalue weighted by atomic mass is 35.5. The molecule has 2 aliphatic heterocycles. The number of hydrogen-bond acceptors (Lipinski definition) is 5. The monoisotopic (exact) mass is 585 g/mol. The van der Waals surface area contributed by atoms with E-state index in [1.807, 2.05) is 38.1 Å². The number of carbonyl (C=O) groups is 1. The molecular weight excluding hydrogens is 542 g/mol. The average molecular weight is 586 g/mol. The summed E-state index contributed by atoms with van der Waals surface area (Å²) in [5, 5.41) is 0.763. The summed E-state index contributed by atoms with van der Waals surface area (Å²) in [4.78, 5) is 18.1. The first-order valence-electron chi connectivity index (χ1n) is 14.8. The number of nitrogens with one attached hydrogen (secondary N) is 1. The van der Waals surface area contributed by atoms with Crippen LogP contribution in [0.25, 0.3) is 0 Å². The summed E-state index contributed by atoms with van der Waals surface area (Å²) in [6, 6.07) is 11.5. The van der Waals surface area contributed by atoms with E-state index in [-0.39, 0.29) is 17.9 Å². The van der Waals surface area contributed by atoms with Crippen LogP contribution in [-0.2, 0) is 22.2 Å². The van der Waals surface area contributed by atoms with E-state index in [4.69, 9.17) is 16.3 Å². The van der Waals surface area contributed by atoms with Crippen molar-refractivity contribution in [2.75, 3.05) is 37.7 Å². The number of anilines is 1. The first kappa shape index (κ1) is 30.6. The third-order valence-corrected chi connectivity index (χ3v) is 9.62. The predicted molar refractivity (Wildman–Crippen MR) is 166 cm³/mol. The van der Waals surface area contributed by atoms with Gasteiger partial charge in [-0.15, -0.1) is 0 Å². The minimum absolute atomic E-state index is 0.173. The fourth-order valence-electron chi connectivity index (χ4n) is 5.74. The quantitative estimate of drug-likeness (QED) is 0.406. The Labute approximate surface area is 247 Å². The highest BCUT2D eigenvalue weighted by Crippen LogP contribution is 2.38. The maximum atomic E-state index is 13.3. The van der Waals surface area contributed by atoms with E-state index in [9.17, 15) is 9.00 Å². The van der Waals surface area contributed by atoms with E-state index >= 15 is 0 Å². The molecule has 1 N–H and O–H groups in total. The zero-order valence-corrected chi connectivity index (χ0v) is 25.9. The van der Waals surface area contributed by atoms with Crippen LogP contribution >= 0.6 is 11.6 Å². The summed E-state index contributed by atoms with van der Waals surface area (Å²) >= 11 is 6.38. The molecule has 0 saturated carbocycles. The Hall–Kier alpha value is -2.35. The average Bonchev–Trinajstić information content (AvgIpc) is 3.13. The fourth-order valence-corrected chi connectivity index (χ4v) is 6.81. The van der Waals surface area contributed by atoms with Gasteiger partial charge < -0.3 is 9.64 Å². The zero-order valence-electron chi connectivity index (χ0n) is 24.3. The van der Waals surface area contributed by atoms with E-state index in [1.54, 1.807) is 0 Å². The molecule has 1 amide bonds. The second kappa shape index (κ2) is 14.5. The van der Waals surface area contributed by atoms with Gasteiger partial charge in [-0.2, -0.15) is 0 Å². The van der Waals surface area contributed by atoms with Crippen molar-refractivity contribution < 1.29 is 13.7 Å². The zero-order chi connectivity index (χ0) is 28.6. The summed E-state index contributed by atoms with van der Waals surface area (Å²) in [6.45, 7) is 12.0. The number of aryl methyl sites for hydroxylation is 1. The van der Waals surface area contributed by atoms with Crippen molar-refractivity contribution in [1.82, 2.24) is 9.62 Å². The van der Waals surface area contributed by atoms with Crippen LogP contribution in [0.3, 0.4) is 0 Å². The minimum Gasteiger partial charge on any atom is -0.491 e. The lowest BCUT2D eigenvalue weighted by Crippen LogP contribution is -2.45. The molecular formula is C32H44ClN3O3S. The summed E-state index contributed by atoms with van der Waals surface area (Å²) in [5.74, 6) is 1.28. The van der Waals surface area contributed by atoms with Crippen LogP contribution in [0.4, 0.5) is 5.69 Å². The standard InChI is InChI=1S/C32H44ClN3O3S/c1-5-10-25-19-27(33)12-14-29(25)26-21-36-18-16-24(6-2)11-8-9-17-35(7-3)23(4)32(37)34-40(38)28-13-15-31(39-22-26)30(36)20-28/h8-9,12-15,19-20,23-24,26H,5-7,10-11,16-18,21-22H2,1-4H3,(H,34,37)/b9-8+/t23-,24?,26?,40?/m1/s1. The van der Waals surface area contributed by atoms with Gasteiger partial charge in [-0.25, -0.2) is 4.21 Å². The van der Waals surface area contributed by atoms with Gasteiger partial charge in [-0.3, -0.25) is 14.4 Å². The Kier molecular flexibility index (Phi) is 11.1. The van der Waals surface area contributed by atoms with Crippen molar-refractivity contribution in [2.24, 2.45) is 5.92 Å². The minimum atomic E-state index is -1.67. The van der Waals surface area contributed by atoms with Gasteiger partial charge in [-0.05, 0) is 80.1 Å². The number of rotatable bonds is 5. The summed E-state index contributed by atoms with van der Waals surface area (Å²) in [6.07, 6.45) is 9.61. The second-order valence-corrected chi connectivity index (χ2v) is 12.6. The van der Waals surface area contributed by atoms with Crippen molar-refractivity contribution in [3.63, 3.8) is 0 Å². The number of nitrogens with zero attached hydrogens (tertiary/aromatic N) is 2. The topological polar surface area (TPSA) is 61.9 Å². The molecule has 2 heterocycles. The second-order valence-electron chi connectivity index (χ2n) is 10.9. The SMILES string of the molecule is CCCc1cc(Cl)ccc1C1COc2ccc3cc2N(CCC(CC)C/C=C/CN(CC)[C@H](C)C(=O)NS3=O)C1. The molecule has 4 rings (SSSR count). The number of amides is 1. The Balaban J connectivity index is 1.70. The number of allylic oxidation sites excluding steroid dienone is 1. The Morgan fingerprint density at radius 3 is 2.70 bits per heavy atom. The van der Waals surface area contributed by atoms with Gasteiger partial charge in [0.05, 0.1) is 23.2 Å². The van der Waals surface area contributed by atoms with E-state index in [0.29, 0.717) is 24.0 Å². The number of benzene rings is 2. The molecule has 40 heavy (non-hydrogen) atoms. The van der Waals surface area contributed by atoms with Crippen molar-refractivity contribution >= 4 is 34.2 Å². The molecule has 2 aliphatic rings. The molecule has 0 radical (unpaired) electrons. The number of carbonyl (C=O) groups excluding carboxylic acids is 1. The number of fused-ring (bicyclic) bond motifs is 1. The van der Waals surface area contributed by atoms with Crippen molar-refractivity contribution in [3.05, 3.63) is 64.7 Å². The lowest BCUT2D eigenvalue weighted by atomic mass is 9.91. The van der Waals surface area contributed by atoms with Crippen molar-refractivity contribution in [1.29, 1.82) is 0 Å². The Morgan fingerprint density at radius 2 is 1.95 bits per heavy atom. The maximum absolute atomic E-state index is 13.3. The van der Waals surface area contributed by atoms with Gasteiger partial charge in [-0.1, -0.05) is 63.4 Å². The Morgan fingerprint density at radius 1 is 1.12 bits per heavy atom. The van der Waals surface area contributed by atoms with E-state index in [2.05, 4.69) is 52.7 Å². The number of likely N-dealkylation sites (N-methyl/N-ethyl adjacent to an activating group) is 1. The number of halogens is 1. The molecule has 0 aliphatic carbocycles. The lowest BCUT2D eigenvalue weighted by molar-refractivity contribution is -0.123. The third-order valence-electron chi connectivity index (χ3n) is 8.32. The largest absolute Gasteiger partial charge is 0.491 e. The van der Waals surface area contributed by atoms with Crippen LogP contribution in [0.15, 0.2) is 53.4 Å². The molecule has 0 aromatic heterocycles. The van der Waals surface area contributed by atoms with Crippen LogP contribution in [0.2, 0.25) is 5.02 Å². The fraction of sp³-hybridized carbons (Fsp3) is 0.531. The normalized spacial score (nSPS) is 25.5. The van der Waals surface area contributed by atoms with E-state index < -0.39 is 11.0 Å². The summed E-state index contributed by atoms with van der Waals surface area (Å²) in [5.41, 5.74) is 3.50. The van der Waals surface area contributed by atoms with Gasteiger partial charge in [0.1, 0.15) is 5.75 Å². The molecule has 0 saturated heterocycles. The highest BCUT2D eigenvalue weighted by Gasteiger charge is 2.28. The molecule has 2 aromatic rings. The van der Waals surface area contributed by atoms with Crippen LogP contribution in [0.1, 0.15) is 70.4 Å². The number of ether oxygens (including phenoxy) is 1. The van der Waals surface area contributed by atoms with E-state index in [0.717, 1.165) is 68.2 Å². The first-order chi connectivity index (χ1) is 19.3. The van der Waals surface area contributed by atoms with Gasteiger partial charge in [0.15, 0.2) is 11.0 Å². The molecule has 0 fully saturated rings. The molecule has 8 heteroatoms.